The number of aromatic nitrogens is 1. The second-order valence-corrected chi connectivity index (χ2v) is 5.42. The molecule has 3 rings (SSSR count). The summed E-state index contributed by atoms with van der Waals surface area (Å²) in [6.45, 7) is 4.03. The number of pyridine rings is 1. The number of hydrogen-bond donors (Lipinski definition) is 2. The van der Waals surface area contributed by atoms with Crippen molar-refractivity contribution in [3.05, 3.63) is 54.6 Å². The first kappa shape index (κ1) is 14.4. The molecule has 0 fully saturated rings. The fraction of sp³-hybridized carbons (Fsp3) is 0.167. The quantitative estimate of drug-likeness (QED) is 0.564. The molecule has 0 aliphatic heterocycles. The minimum absolute atomic E-state index is 0.143. The zero-order valence-electron chi connectivity index (χ0n) is 12.7. The molecule has 3 aromatic rings. The molecule has 0 saturated heterocycles. The summed E-state index contributed by atoms with van der Waals surface area (Å²) in [5.41, 5.74) is 5.61. The Kier molecular flexibility index (Phi) is 3.94. The van der Waals surface area contributed by atoms with Crippen LogP contribution < -0.4 is 16.0 Å². The van der Waals surface area contributed by atoms with Crippen molar-refractivity contribution < 1.29 is 4.74 Å². The number of hydrazine groups is 1. The Morgan fingerprint density at radius 2 is 1.82 bits per heavy atom. The molecule has 0 bridgehead atoms. The van der Waals surface area contributed by atoms with E-state index in [0.717, 1.165) is 27.8 Å². The van der Waals surface area contributed by atoms with Gasteiger partial charge in [-0.05, 0) is 43.7 Å². The van der Waals surface area contributed by atoms with Crippen molar-refractivity contribution in [3.63, 3.8) is 0 Å². The van der Waals surface area contributed by atoms with Gasteiger partial charge >= 0.3 is 0 Å². The van der Waals surface area contributed by atoms with Gasteiger partial charge in [-0.2, -0.15) is 0 Å². The highest BCUT2D eigenvalue weighted by Crippen LogP contribution is 2.31. The van der Waals surface area contributed by atoms with Gasteiger partial charge in [0.25, 0.3) is 0 Å². The van der Waals surface area contributed by atoms with Crippen LogP contribution in [0.1, 0.15) is 13.8 Å². The molecule has 4 nitrogen and oxygen atoms in total. The van der Waals surface area contributed by atoms with E-state index in [2.05, 4.69) is 16.5 Å². The molecule has 0 atom stereocenters. The van der Waals surface area contributed by atoms with Crippen LogP contribution in [0.3, 0.4) is 0 Å². The molecule has 1 heterocycles. The van der Waals surface area contributed by atoms with Crippen molar-refractivity contribution in [2.24, 2.45) is 5.84 Å². The number of ether oxygens (including phenoxy) is 1. The van der Waals surface area contributed by atoms with Gasteiger partial charge in [0, 0.05) is 10.9 Å². The highest BCUT2D eigenvalue weighted by atomic mass is 16.5. The molecule has 112 valence electrons. The van der Waals surface area contributed by atoms with E-state index in [-0.39, 0.29) is 6.10 Å². The Labute approximate surface area is 129 Å². The number of hydrogen-bond acceptors (Lipinski definition) is 4. The molecular formula is C18H19N3O. The topological polar surface area (TPSA) is 60.2 Å². The second kappa shape index (κ2) is 6.03. The number of nitrogens with zero attached hydrogens (tertiary/aromatic N) is 1. The average molecular weight is 293 g/mol. The van der Waals surface area contributed by atoms with Gasteiger partial charge < -0.3 is 10.2 Å². The minimum atomic E-state index is 0.143. The molecule has 0 radical (unpaired) electrons. The van der Waals surface area contributed by atoms with Crippen LogP contribution in [0, 0.1) is 0 Å². The summed E-state index contributed by atoms with van der Waals surface area (Å²) in [5, 5.41) is 1.02. The molecule has 0 unspecified atom stereocenters. The molecule has 1 aromatic heterocycles. The standard InChI is InChI=1S/C18H19N3O/c1-12(2)22-15-8-9-17-14(10-15)11-16(18(20-17)21-19)13-6-4-3-5-7-13/h3-12H,19H2,1-2H3,(H,20,21). The highest BCUT2D eigenvalue weighted by Gasteiger charge is 2.09. The molecule has 3 N–H and O–H groups in total. The van der Waals surface area contributed by atoms with E-state index >= 15 is 0 Å². The zero-order chi connectivity index (χ0) is 15.5. The predicted octanol–water partition coefficient (Wildman–Crippen LogP) is 3.97. The van der Waals surface area contributed by atoms with Crippen LogP contribution in [-0.4, -0.2) is 11.1 Å². The number of rotatable bonds is 4. The van der Waals surface area contributed by atoms with Crippen LogP contribution in [0.4, 0.5) is 5.82 Å². The predicted molar refractivity (Wildman–Crippen MR) is 90.8 cm³/mol. The average Bonchev–Trinajstić information content (AvgIpc) is 2.54. The fourth-order valence-electron chi connectivity index (χ4n) is 2.45. The van der Waals surface area contributed by atoms with Gasteiger partial charge in [-0.1, -0.05) is 30.3 Å². The van der Waals surface area contributed by atoms with Crippen molar-refractivity contribution in [3.8, 4) is 16.9 Å². The number of nitrogen functional groups attached to an aromatic ring is 1. The Morgan fingerprint density at radius 3 is 2.50 bits per heavy atom. The van der Waals surface area contributed by atoms with E-state index in [1.165, 1.54) is 0 Å². The zero-order valence-corrected chi connectivity index (χ0v) is 12.7. The van der Waals surface area contributed by atoms with Crippen LogP contribution in [0.15, 0.2) is 54.6 Å². The maximum absolute atomic E-state index is 5.76. The lowest BCUT2D eigenvalue weighted by molar-refractivity contribution is 0.243. The van der Waals surface area contributed by atoms with Crippen LogP contribution in [0.5, 0.6) is 5.75 Å². The third kappa shape index (κ3) is 2.87. The van der Waals surface area contributed by atoms with Crippen molar-refractivity contribution in [2.45, 2.75) is 20.0 Å². The van der Waals surface area contributed by atoms with E-state index in [4.69, 9.17) is 10.6 Å². The Bertz CT molecular complexity index is 785. The van der Waals surface area contributed by atoms with Crippen LogP contribution in [0.25, 0.3) is 22.0 Å². The largest absolute Gasteiger partial charge is 0.491 e. The number of fused-ring (bicyclic) bond motifs is 1. The Hall–Kier alpha value is -2.59. The van der Waals surface area contributed by atoms with Crippen LogP contribution in [-0.2, 0) is 0 Å². The maximum Gasteiger partial charge on any atom is 0.148 e. The SMILES string of the molecule is CC(C)Oc1ccc2nc(NN)c(-c3ccccc3)cc2c1. The lowest BCUT2D eigenvalue weighted by atomic mass is 10.0. The first-order valence-electron chi connectivity index (χ1n) is 7.31. The smallest absolute Gasteiger partial charge is 0.148 e. The molecule has 0 spiro atoms. The third-order valence-electron chi connectivity index (χ3n) is 3.38. The van der Waals surface area contributed by atoms with Crippen molar-refractivity contribution in [1.29, 1.82) is 0 Å². The van der Waals surface area contributed by atoms with E-state index in [0.29, 0.717) is 5.82 Å². The van der Waals surface area contributed by atoms with Gasteiger partial charge in [0.1, 0.15) is 11.6 Å². The summed E-state index contributed by atoms with van der Waals surface area (Å²) in [4.78, 5) is 4.60. The van der Waals surface area contributed by atoms with Gasteiger partial charge in [0.05, 0.1) is 11.6 Å². The first-order chi connectivity index (χ1) is 10.7. The molecule has 0 aliphatic rings. The van der Waals surface area contributed by atoms with E-state index in [1.54, 1.807) is 0 Å². The number of anilines is 1. The van der Waals surface area contributed by atoms with Crippen LogP contribution >= 0.6 is 0 Å². The fourth-order valence-corrected chi connectivity index (χ4v) is 2.45. The number of benzene rings is 2. The van der Waals surface area contributed by atoms with Gasteiger partial charge in [-0.3, -0.25) is 0 Å². The number of nitrogens with one attached hydrogen (secondary N) is 1. The van der Waals surface area contributed by atoms with E-state index in [1.807, 2.05) is 62.4 Å². The van der Waals surface area contributed by atoms with Gasteiger partial charge in [-0.25, -0.2) is 10.8 Å². The molecular weight excluding hydrogens is 274 g/mol. The Morgan fingerprint density at radius 1 is 1.05 bits per heavy atom. The minimum Gasteiger partial charge on any atom is -0.491 e. The first-order valence-corrected chi connectivity index (χ1v) is 7.31. The molecule has 0 amide bonds. The second-order valence-electron chi connectivity index (χ2n) is 5.42. The van der Waals surface area contributed by atoms with Gasteiger partial charge in [0.2, 0.25) is 0 Å². The Balaban J connectivity index is 2.14. The molecule has 0 aliphatic carbocycles. The lowest BCUT2D eigenvalue weighted by Gasteiger charge is -2.13. The number of nitrogens with two attached hydrogens (primary N) is 1. The molecule has 4 heteroatoms. The summed E-state index contributed by atoms with van der Waals surface area (Å²) in [7, 11) is 0. The molecule has 0 saturated carbocycles. The van der Waals surface area contributed by atoms with Crippen molar-refractivity contribution >= 4 is 16.7 Å². The summed E-state index contributed by atoms with van der Waals surface area (Å²) < 4.78 is 5.76. The maximum atomic E-state index is 5.76. The lowest BCUT2D eigenvalue weighted by Crippen LogP contribution is -2.10. The highest BCUT2D eigenvalue weighted by molar-refractivity contribution is 5.90. The molecule has 2 aromatic carbocycles. The van der Waals surface area contributed by atoms with Crippen LogP contribution in [0.2, 0.25) is 0 Å². The summed E-state index contributed by atoms with van der Waals surface area (Å²) in [6, 6.07) is 18.0. The van der Waals surface area contributed by atoms with E-state index in [9.17, 15) is 0 Å². The van der Waals surface area contributed by atoms with Gasteiger partial charge in [-0.15, -0.1) is 0 Å². The van der Waals surface area contributed by atoms with E-state index < -0.39 is 0 Å². The normalized spacial score (nSPS) is 10.9. The molecule has 22 heavy (non-hydrogen) atoms. The third-order valence-corrected chi connectivity index (χ3v) is 3.38. The van der Waals surface area contributed by atoms with Crippen molar-refractivity contribution in [1.82, 2.24) is 4.98 Å². The summed E-state index contributed by atoms with van der Waals surface area (Å²) >= 11 is 0. The van der Waals surface area contributed by atoms with Crippen molar-refractivity contribution in [2.75, 3.05) is 5.43 Å². The summed E-state index contributed by atoms with van der Waals surface area (Å²) in [5.74, 6) is 7.15. The summed E-state index contributed by atoms with van der Waals surface area (Å²) in [6.07, 6.45) is 0.143. The van der Waals surface area contributed by atoms with Gasteiger partial charge in [0.15, 0.2) is 0 Å². The monoisotopic (exact) mass is 293 g/mol.